The zero-order valence-corrected chi connectivity index (χ0v) is 15.5. The lowest BCUT2D eigenvalue weighted by Gasteiger charge is -2.07. The molecule has 0 bridgehead atoms. The molecular formula is C18H17N3O2S2. The molecule has 2 heterocycles. The van der Waals surface area contributed by atoms with Crippen molar-refractivity contribution in [3.05, 3.63) is 51.7 Å². The van der Waals surface area contributed by atoms with Crippen molar-refractivity contribution in [2.45, 2.75) is 20.3 Å². The molecule has 3 aromatic rings. The summed E-state index contributed by atoms with van der Waals surface area (Å²) in [4.78, 5) is 30.0. The molecule has 0 spiro atoms. The van der Waals surface area contributed by atoms with Crippen molar-refractivity contribution in [3.8, 4) is 10.6 Å². The van der Waals surface area contributed by atoms with Crippen LogP contribution in [0.4, 0.5) is 11.4 Å². The Bertz CT molecular complexity index is 884. The van der Waals surface area contributed by atoms with E-state index in [1.54, 1.807) is 46.9 Å². The Hall–Kier alpha value is -2.51. The smallest absolute Gasteiger partial charge is 0.229 e. The summed E-state index contributed by atoms with van der Waals surface area (Å²) >= 11 is 3.17. The molecular weight excluding hydrogens is 354 g/mol. The quantitative estimate of drug-likeness (QED) is 0.702. The zero-order chi connectivity index (χ0) is 17.8. The second kappa shape index (κ2) is 7.58. The van der Waals surface area contributed by atoms with Gasteiger partial charge in [-0.1, -0.05) is 6.07 Å². The van der Waals surface area contributed by atoms with Gasteiger partial charge in [-0.2, -0.15) is 0 Å². The number of carbonyl (C=O) groups is 2. The summed E-state index contributed by atoms with van der Waals surface area (Å²) < 4.78 is 0. The highest BCUT2D eigenvalue weighted by atomic mass is 32.1. The van der Waals surface area contributed by atoms with Gasteiger partial charge in [-0.25, -0.2) is 4.98 Å². The van der Waals surface area contributed by atoms with Gasteiger partial charge in [0.2, 0.25) is 11.8 Å². The van der Waals surface area contributed by atoms with Gasteiger partial charge >= 0.3 is 0 Å². The topological polar surface area (TPSA) is 71.1 Å². The van der Waals surface area contributed by atoms with Gasteiger partial charge in [-0.15, -0.1) is 22.7 Å². The normalized spacial score (nSPS) is 10.5. The van der Waals surface area contributed by atoms with Crippen molar-refractivity contribution in [2.24, 2.45) is 0 Å². The number of benzene rings is 1. The number of anilines is 2. The van der Waals surface area contributed by atoms with Crippen LogP contribution in [0.2, 0.25) is 0 Å². The van der Waals surface area contributed by atoms with Crippen LogP contribution in [0.1, 0.15) is 16.8 Å². The molecule has 2 amide bonds. The van der Waals surface area contributed by atoms with Gasteiger partial charge in [0.15, 0.2) is 0 Å². The molecule has 0 unspecified atom stereocenters. The lowest BCUT2D eigenvalue weighted by atomic mass is 10.2. The fourth-order valence-corrected chi connectivity index (χ4v) is 4.14. The first-order valence-corrected chi connectivity index (χ1v) is 9.38. The zero-order valence-electron chi connectivity index (χ0n) is 13.8. The number of aryl methyl sites for hydroxylation is 1. The van der Waals surface area contributed by atoms with Gasteiger partial charge in [0, 0.05) is 23.2 Å². The molecule has 0 aliphatic rings. The first-order valence-electron chi connectivity index (χ1n) is 7.69. The summed E-state index contributed by atoms with van der Waals surface area (Å²) in [6.07, 6.45) is 0.284. The maximum atomic E-state index is 12.4. The first kappa shape index (κ1) is 17.3. The highest BCUT2D eigenvalue weighted by Crippen LogP contribution is 2.31. The van der Waals surface area contributed by atoms with Crippen LogP contribution in [-0.4, -0.2) is 16.8 Å². The molecule has 0 radical (unpaired) electrons. The van der Waals surface area contributed by atoms with Crippen LogP contribution in [-0.2, 0) is 16.0 Å². The molecule has 7 heteroatoms. The predicted octanol–water partition coefficient (Wildman–Crippen LogP) is 4.32. The van der Waals surface area contributed by atoms with Crippen molar-refractivity contribution >= 4 is 45.9 Å². The molecule has 25 heavy (non-hydrogen) atoms. The van der Waals surface area contributed by atoms with Gasteiger partial charge in [0.25, 0.3) is 0 Å². The molecule has 0 aliphatic heterocycles. The van der Waals surface area contributed by atoms with Gasteiger partial charge in [0.05, 0.1) is 22.0 Å². The summed E-state index contributed by atoms with van der Waals surface area (Å²) in [6, 6.07) is 11.0. The summed E-state index contributed by atoms with van der Waals surface area (Å²) in [6.45, 7) is 3.40. The van der Waals surface area contributed by atoms with Gasteiger partial charge in [-0.05, 0) is 42.6 Å². The van der Waals surface area contributed by atoms with Gasteiger partial charge in [-0.3, -0.25) is 9.59 Å². The molecule has 2 N–H and O–H groups in total. The van der Waals surface area contributed by atoms with Crippen molar-refractivity contribution in [2.75, 3.05) is 10.6 Å². The molecule has 0 atom stereocenters. The lowest BCUT2D eigenvalue weighted by Crippen LogP contribution is -2.14. The SMILES string of the molecule is CC(=O)Nc1ccc(NC(=O)Cc2sc(C)nc2-c2cccs2)cc1. The summed E-state index contributed by atoms with van der Waals surface area (Å²) in [5.74, 6) is -0.216. The van der Waals surface area contributed by atoms with E-state index in [-0.39, 0.29) is 18.2 Å². The molecule has 0 fully saturated rings. The van der Waals surface area contributed by atoms with Crippen molar-refractivity contribution in [3.63, 3.8) is 0 Å². The van der Waals surface area contributed by atoms with Crippen LogP contribution in [0.3, 0.4) is 0 Å². The Morgan fingerprint density at radius 2 is 1.76 bits per heavy atom. The highest BCUT2D eigenvalue weighted by Gasteiger charge is 2.15. The van der Waals surface area contributed by atoms with Gasteiger partial charge < -0.3 is 10.6 Å². The molecule has 0 aliphatic carbocycles. The molecule has 1 aromatic carbocycles. The van der Waals surface area contributed by atoms with E-state index in [1.807, 2.05) is 24.4 Å². The number of nitrogens with zero attached hydrogens (tertiary/aromatic N) is 1. The molecule has 2 aromatic heterocycles. The second-order valence-corrected chi connectivity index (χ2v) is 7.70. The Kier molecular flexibility index (Phi) is 5.25. The van der Waals surface area contributed by atoms with E-state index in [1.165, 1.54) is 6.92 Å². The van der Waals surface area contributed by atoms with Crippen LogP contribution >= 0.6 is 22.7 Å². The minimum absolute atomic E-state index is 0.0891. The largest absolute Gasteiger partial charge is 0.326 e. The maximum absolute atomic E-state index is 12.4. The third-order valence-corrected chi connectivity index (χ3v) is 5.22. The van der Waals surface area contributed by atoms with E-state index in [0.717, 1.165) is 20.5 Å². The number of aromatic nitrogens is 1. The molecule has 3 rings (SSSR count). The van der Waals surface area contributed by atoms with Gasteiger partial charge in [0.1, 0.15) is 0 Å². The fourth-order valence-electron chi connectivity index (χ4n) is 2.39. The average molecular weight is 371 g/mol. The molecule has 0 saturated heterocycles. The number of rotatable bonds is 5. The monoisotopic (exact) mass is 371 g/mol. The maximum Gasteiger partial charge on any atom is 0.229 e. The summed E-state index contributed by atoms with van der Waals surface area (Å²) in [5.41, 5.74) is 2.29. The Labute approximate surface area is 153 Å². The van der Waals surface area contributed by atoms with Crippen LogP contribution in [0.15, 0.2) is 41.8 Å². The standard InChI is InChI=1S/C18H17N3O2S2/c1-11(22)19-13-5-7-14(8-6-13)21-17(23)10-16-18(20-12(2)25-16)15-4-3-9-24-15/h3-9H,10H2,1-2H3,(H,19,22)(H,21,23). The summed E-state index contributed by atoms with van der Waals surface area (Å²) in [7, 11) is 0. The average Bonchev–Trinajstić information content (AvgIpc) is 3.18. The van der Waals surface area contributed by atoms with Crippen molar-refractivity contribution in [1.82, 2.24) is 4.98 Å². The van der Waals surface area contributed by atoms with Crippen LogP contribution in [0.25, 0.3) is 10.6 Å². The molecule has 128 valence electrons. The number of amides is 2. The van der Waals surface area contributed by atoms with Crippen molar-refractivity contribution in [1.29, 1.82) is 0 Å². The molecule has 0 saturated carbocycles. The Morgan fingerprint density at radius 3 is 2.36 bits per heavy atom. The fraction of sp³-hybridized carbons (Fsp3) is 0.167. The predicted molar refractivity (Wildman–Crippen MR) is 103 cm³/mol. The number of hydrogen-bond acceptors (Lipinski definition) is 5. The second-order valence-electron chi connectivity index (χ2n) is 5.47. The number of carbonyl (C=O) groups excluding carboxylic acids is 2. The lowest BCUT2D eigenvalue weighted by molar-refractivity contribution is -0.116. The minimum atomic E-state index is -0.126. The van der Waals surface area contributed by atoms with E-state index in [0.29, 0.717) is 11.4 Å². The van der Waals surface area contributed by atoms with Crippen LogP contribution < -0.4 is 10.6 Å². The Balaban J connectivity index is 1.68. The molecule has 5 nitrogen and oxygen atoms in total. The van der Waals surface area contributed by atoms with Crippen molar-refractivity contribution < 1.29 is 9.59 Å². The summed E-state index contributed by atoms with van der Waals surface area (Å²) in [5, 5.41) is 8.53. The van der Waals surface area contributed by atoms with E-state index >= 15 is 0 Å². The van der Waals surface area contributed by atoms with E-state index in [2.05, 4.69) is 15.6 Å². The highest BCUT2D eigenvalue weighted by molar-refractivity contribution is 7.15. The number of thiophene rings is 1. The van der Waals surface area contributed by atoms with E-state index in [4.69, 9.17) is 0 Å². The van der Waals surface area contributed by atoms with E-state index in [9.17, 15) is 9.59 Å². The van der Waals surface area contributed by atoms with Crippen LogP contribution in [0.5, 0.6) is 0 Å². The minimum Gasteiger partial charge on any atom is -0.326 e. The van der Waals surface area contributed by atoms with E-state index < -0.39 is 0 Å². The number of nitrogens with one attached hydrogen (secondary N) is 2. The third-order valence-electron chi connectivity index (χ3n) is 3.37. The first-order chi connectivity index (χ1) is 12.0. The third kappa shape index (κ3) is 4.52. The number of thiazole rings is 1. The Morgan fingerprint density at radius 1 is 1.08 bits per heavy atom. The van der Waals surface area contributed by atoms with Crippen LogP contribution in [0, 0.1) is 6.92 Å². The number of hydrogen-bond donors (Lipinski definition) is 2.